The first-order valence-electron chi connectivity index (χ1n) is 6.16. The molecule has 0 fully saturated rings. The number of fused-ring (bicyclic) bond motifs is 1. The molecule has 3 aromatic rings. The molecule has 0 saturated heterocycles. The average Bonchev–Trinajstić information content (AvgIpc) is 2.84. The Labute approximate surface area is 114 Å². The Bertz CT molecular complexity index is 724. The maximum Gasteiger partial charge on any atom is 0.387 e. The SMILES string of the molecule is FC(F)Oc1ccccc1Cn1cnc2ccccc21. The summed E-state index contributed by atoms with van der Waals surface area (Å²) in [5.74, 6) is 0.195. The molecule has 102 valence electrons. The summed E-state index contributed by atoms with van der Waals surface area (Å²) in [6.45, 7) is -2.39. The van der Waals surface area contributed by atoms with E-state index in [2.05, 4.69) is 9.72 Å². The van der Waals surface area contributed by atoms with Gasteiger partial charge >= 0.3 is 6.61 Å². The van der Waals surface area contributed by atoms with Crippen LogP contribution in [0.25, 0.3) is 11.0 Å². The van der Waals surface area contributed by atoms with Crippen molar-refractivity contribution in [3.63, 3.8) is 0 Å². The summed E-state index contributed by atoms with van der Waals surface area (Å²) in [7, 11) is 0. The van der Waals surface area contributed by atoms with E-state index in [0.717, 1.165) is 11.0 Å². The summed E-state index contributed by atoms with van der Waals surface area (Å²) in [6.07, 6.45) is 1.70. The Morgan fingerprint density at radius 3 is 2.65 bits per heavy atom. The first-order valence-corrected chi connectivity index (χ1v) is 6.16. The van der Waals surface area contributed by atoms with Crippen LogP contribution in [0.15, 0.2) is 54.9 Å². The van der Waals surface area contributed by atoms with Crippen molar-refractivity contribution in [1.82, 2.24) is 9.55 Å². The number of hydrogen-bond donors (Lipinski definition) is 0. The molecule has 1 aromatic heterocycles. The summed E-state index contributed by atoms with van der Waals surface area (Å²) in [4.78, 5) is 4.28. The lowest BCUT2D eigenvalue weighted by molar-refractivity contribution is -0.0504. The predicted octanol–water partition coefficient (Wildman–Crippen LogP) is 3.69. The largest absolute Gasteiger partial charge is 0.434 e. The lowest BCUT2D eigenvalue weighted by atomic mass is 10.2. The van der Waals surface area contributed by atoms with E-state index >= 15 is 0 Å². The summed E-state index contributed by atoms with van der Waals surface area (Å²) in [5, 5.41) is 0. The van der Waals surface area contributed by atoms with Crippen molar-refractivity contribution >= 4 is 11.0 Å². The second-order valence-corrected chi connectivity index (χ2v) is 4.35. The number of halogens is 2. The van der Waals surface area contributed by atoms with Gasteiger partial charge in [0.1, 0.15) is 5.75 Å². The van der Waals surface area contributed by atoms with Crippen LogP contribution in [0.2, 0.25) is 0 Å². The predicted molar refractivity (Wildman–Crippen MR) is 71.9 cm³/mol. The van der Waals surface area contributed by atoms with Gasteiger partial charge in [0.05, 0.1) is 23.9 Å². The fourth-order valence-electron chi connectivity index (χ4n) is 2.17. The third kappa shape index (κ3) is 2.47. The summed E-state index contributed by atoms with van der Waals surface area (Å²) in [6, 6.07) is 14.5. The highest BCUT2D eigenvalue weighted by Crippen LogP contribution is 2.23. The highest BCUT2D eigenvalue weighted by atomic mass is 19.3. The number of nitrogens with zero attached hydrogens (tertiary/aromatic N) is 2. The number of ether oxygens (including phenoxy) is 1. The zero-order chi connectivity index (χ0) is 13.9. The first kappa shape index (κ1) is 12.6. The first-order chi connectivity index (χ1) is 9.74. The molecule has 0 aliphatic carbocycles. The minimum atomic E-state index is -2.82. The second kappa shape index (κ2) is 5.28. The number of para-hydroxylation sites is 3. The maximum atomic E-state index is 12.4. The molecule has 0 saturated carbocycles. The monoisotopic (exact) mass is 274 g/mol. The summed E-state index contributed by atoms with van der Waals surface area (Å²) in [5.41, 5.74) is 2.52. The Kier molecular flexibility index (Phi) is 3.33. The van der Waals surface area contributed by atoms with E-state index in [0.29, 0.717) is 12.1 Å². The van der Waals surface area contributed by atoms with Crippen LogP contribution < -0.4 is 4.74 Å². The van der Waals surface area contributed by atoms with Gasteiger partial charge in [-0.1, -0.05) is 30.3 Å². The van der Waals surface area contributed by atoms with Crippen LogP contribution in [0.5, 0.6) is 5.75 Å². The minimum absolute atomic E-state index is 0.195. The molecule has 0 N–H and O–H groups in total. The van der Waals surface area contributed by atoms with E-state index in [-0.39, 0.29) is 5.75 Å². The number of benzene rings is 2. The van der Waals surface area contributed by atoms with Gasteiger partial charge < -0.3 is 9.30 Å². The average molecular weight is 274 g/mol. The van der Waals surface area contributed by atoms with Crippen molar-refractivity contribution in [2.45, 2.75) is 13.2 Å². The van der Waals surface area contributed by atoms with Gasteiger partial charge in [0.25, 0.3) is 0 Å². The lowest BCUT2D eigenvalue weighted by Crippen LogP contribution is -2.06. The molecule has 1 heterocycles. The highest BCUT2D eigenvalue weighted by Gasteiger charge is 2.10. The Balaban J connectivity index is 1.95. The molecule has 2 aromatic carbocycles. The van der Waals surface area contributed by atoms with Crippen molar-refractivity contribution in [2.24, 2.45) is 0 Å². The van der Waals surface area contributed by atoms with E-state index in [1.165, 1.54) is 0 Å². The van der Waals surface area contributed by atoms with Crippen molar-refractivity contribution < 1.29 is 13.5 Å². The van der Waals surface area contributed by atoms with Gasteiger partial charge in [-0.05, 0) is 18.2 Å². The molecule has 0 atom stereocenters. The molecule has 0 spiro atoms. The molecule has 20 heavy (non-hydrogen) atoms. The van der Waals surface area contributed by atoms with Gasteiger partial charge in [0, 0.05) is 5.56 Å². The van der Waals surface area contributed by atoms with Gasteiger partial charge in [0.2, 0.25) is 0 Å². The highest BCUT2D eigenvalue weighted by molar-refractivity contribution is 5.75. The van der Waals surface area contributed by atoms with Crippen molar-refractivity contribution in [2.75, 3.05) is 0 Å². The molecule has 0 bridgehead atoms. The molecule has 0 unspecified atom stereocenters. The molecule has 0 aliphatic heterocycles. The number of imidazole rings is 1. The molecule has 0 radical (unpaired) electrons. The standard InChI is InChI=1S/C15H12F2N2O/c16-15(17)20-14-8-4-1-5-11(14)9-19-10-18-12-6-2-3-7-13(12)19/h1-8,10,15H,9H2. The smallest absolute Gasteiger partial charge is 0.387 e. The second-order valence-electron chi connectivity index (χ2n) is 4.35. The molecule has 3 rings (SSSR count). The number of hydrogen-bond acceptors (Lipinski definition) is 2. The zero-order valence-corrected chi connectivity index (χ0v) is 10.5. The normalized spacial score (nSPS) is 11.2. The molecule has 3 nitrogen and oxygen atoms in total. The summed E-state index contributed by atoms with van der Waals surface area (Å²) >= 11 is 0. The van der Waals surface area contributed by atoms with Crippen LogP contribution >= 0.6 is 0 Å². The van der Waals surface area contributed by atoms with Gasteiger partial charge in [-0.2, -0.15) is 8.78 Å². The lowest BCUT2D eigenvalue weighted by Gasteiger charge is -2.11. The fourth-order valence-corrected chi connectivity index (χ4v) is 2.17. The molecular weight excluding hydrogens is 262 g/mol. The third-order valence-electron chi connectivity index (χ3n) is 3.06. The minimum Gasteiger partial charge on any atom is -0.434 e. The Hall–Kier alpha value is -2.43. The van der Waals surface area contributed by atoms with Gasteiger partial charge in [-0.25, -0.2) is 4.98 Å². The topological polar surface area (TPSA) is 27.1 Å². The Morgan fingerprint density at radius 1 is 1.05 bits per heavy atom. The molecule has 5 heteroatoms. The number of rotatable bonds is 4. The van der Waals surface area contributed by atoms with Crippen LogP contribution in [0.3, 0.4) is 0 Å². The fraction of sp³-hybridized carbons (Fsp3) is 0.133. The van der Waals surface area contributed by atoms with Crippen LogP contribution in [0, 0.1) is 0 Å². The van der Waals surface area contributed by atoms with Gasteiger partial charge in [-0.15, -0.1) is 0 Å². The van der Waals surface area contributed by atoms with Crippen LogP contribution in [-0.4, -0.2) is 16.2 Å². The Morgan fingerprint density at radius 2 is 1.80 bits per heavy atom. The van der Waals surface area contributed by atoms with E-state index < -0.39 is 6.61 Å². The van der Waals surface area contributed by atoms with Crippen molar-refractivity contribution in [3.05, 3.63) is 60.4 Å². The molecule has 0 amide bonds. The third-order valence-corrected chi connectivity index (χ3v) is 3.06. The number of aromatic nitrogens is 2. The van der Waals surface area contributed by atoms with Crippen LogP contribution in [0.4, 0.5) is 8.78 Å². The maximum absolute atomic E-state index is 12.4. The van der Waals surface area contributed by atoms with Crippen molar-refractivity contribution in [1.29, 1.82) is 0 Å². The van der Waals surface area contributed by atoms with Crippen LogP contribution in [0.1, 0.15) is 5.56 Å². The number of alkyl halides is 2. The molecule has 0 aliphatic rings. The van der Waals surface area contributed by atoms with Gasteiger partial charge in [-0.3, -0.25) is 0 Å². The zero-order valence-electron chi connectivity index (χ0n) is 10.5. The van der Waals surface area contributed by atoms with E-state index in [1.807, 2.05) is 28.8 Å². The van der Waals surface area contributed by atoms with E-state index in [9.17, 15) is 8.78 Å². The molecular formula is C15H12F2N2O. The van der Waals surface area contributed by atoms with Crippen molar-refractivity contribution in [3.8, 4) is 5.75 Å². The summed E-state index contributed by atoms with van der Waals surface area (Å²) < 4.78 is 31.2. The quantitative estimate of drug-likeness (QED) is 0.725. The van der Waals surface area contributed by atoms with Crippen LogP contribution in [-0.2, 0) is 6.54 Å². The van der Waals surface area contributed by atoms with E-state index in [1.54, 1.807) is 30.6 Å². The van der Waals surface area contributed by atoms with Gasteiger partial charge in [0.15, 0.2) is 0 Å². The van der Waals surface area contributed by atoms with E-state index in [4.69, 9.17) is 0 Å².